The van der Waals surface area contributed by atoms with Gasteiger partial charge in [-0.15, -0.1) is 0 Å². The third-order valence-corrected chi connectivity index (χ3v) is 4.09. The van der Waals surface area contributed by atoms with E-state index in [1.807, 2.05) is 18.7 Å². The summed E-state index contributed by atoms with van der Waals surface area (Å²) >= 11 is 0. The molecule has 2 rings (SSSR count). The van der Waals surface area contributed by atoms with Crippen molar-refractivity contribution in [3.8, 4) is 0 Å². The molecule has 4 heteroatoms. The molecule has 1 atom stereocenters. The molecule has 1 aliphatic rings. The molecule has 1 aliphatic carbocycles. The van der Waals surface area contributed by atoms with Crippen LogP contribution in [0.15, 0.2) is 0 Å². The maximum atomic E-state index is 6.06. The molecule has 0 radical (unpaired) electrons. The fourth-order valence-corrected chi connectivity index (χ4v) is 2.77. The number of nitrogens with one attached hydrogen (secondary N) is 1. The third kappa shape index (κ3) is 2.26. The first kappa shape index (κ1) is 12.3. The van der Waals surface area contributed by atoms with E-state index in [1.54, 1.807) is 0 Å². The first-order valence-corrected chi connectivity index (χ1v) is 6.47. The van der Waals surface area contributed by atoms with E-state index in [0.29, 0.717) is 11.5 Å². The molecule has 0 bridgehead atoms. The van der Waals surface area contributed by atoms with E-state index < -0.39 is 0 Å². The zero-order valence-corrected chi connectivity index (χ0v) is 11.4. The molecule has 1 unspecified atom stereocenters. The van der Waals surface area contributed by atoms with Crippen LogP contribution in [0.4, 0.5) is 11.5 Å². The van der Waals surface area contributed by atoms with Crippen LogP contribution in [0.3, 0.4) is 0 Å². The zero-order valence-electron chi connectivity index (χ0n) is 11.4. The number of nitrogens with two attached hydrogens (primary N) is 1. The smallest absolute Gasteiger partial charge is 0.148 e. The molecule has 0 aromatic carbocycles. The SMILES string of the molecule is Cc1nn(C)c(NC2CCCCC2(C)C)c1N. The normalized spacial score (nSPS) is 23.6. The summed E-state index contributed by atoms with van der Waals surface area (Å²) in [4.78, 5) is 0. The van der Waals surface area contributed by atoms with Crippen LogP contribution in [0.5, 0.6) is 0 Å². The number of nitrogen functional groups attached to an aromatic ring is 1. The van der Waals surface area contributed by atoms with Crippen molar-refractivity contribution in [1.82, 2.24) is 9.78 Å². The number of aryl methyl sites for hydroxylation is 2. The zero-order chi connectivity index (χ0) is 12.6. The molecule has 1 aromatic heterocycles. The molecular weight excluding hydrogens is 212 g/mol. The summed E-state index contributed by atoms with van der Waals surface area (Å²) in [5.74, 6) is 0.975. The lowest BCUT2D eigenvalue weighted by Crippen LogP contribution is -2.39. The number of nitrogens with zero attached hydrogens (tertiary/aromatic N) is 2. The van der Waals surface area contributed by atoms with Gasteiger partial charge in [0.2, 0.25) is 0 Å². The van der Waals surface area contributed by atoms with E-state index in [0.717, 1.165) is 17.2 Å². The third-order valence-electron chi connectivity index (χ3n) is 4.09. The summed E-state index contributed by atoms with van der Waals surface area (Å²) in [6.07, 6.45) is 5.14. The Morgan fingerprint density at radius 1 is 1.41 bits per heavy atom. The van der Waals surface area contributed by atoms with Gasteiger partial charge in [-0.3, -0.25) is 4.68 Å². The van der Waals surface area contributed by atoms with Crippen LogP contribution in [0, 0.1) is 12.3 Å². The molecule has 0 saturated heterocycles. The van der Waals surface area contributed by atoms with Crippen LogP contribution in [-0.2, 0) is 7.05 Å². The highest BCUT2D eigenvalue weighted by Gasteiger charge is 2.33. The molecule has 1 heterocycles. The van der Waals surface area contributed by atoms with E-state index in [4.69, 9.17) is 5.73 Å². The van der Waals surface area contributed by atoms with Crippen LogP contribution < -0.4 is 11.1 Å². The Morgan fingerprint density at radius 2 is 2.12 bits per heavy atom. The van der Waals surface area contributed by atoms with Crippen molar-refractivity contribution in [2.45, 2.75) is 52.5 Å². The Bertz CT molecular complexity index is 406. The molecule has 1 fully saturated rings. The molecular formula is C13H24N4. The largest absolute Gasteiger partial charge is 0.394 e. The van der Waals surface area contributed by atoms with E-state index in [2.05, 4.69) is 24.3 Å². The van der Waals surface area contributed by atoms with Gasteiger partial charge in [0, 0.05) is 13.1 Å². The van der Waals surface area contributed by atoms with Crippen molar-refractivity contribution < 1.29 is 0 Å². The van der Waals surface area contributed by atoms with Crippen molar-refractivity contribution in [2.75, 3.05) is 11.1 Å². The van der Waals surface area contributed by atoms with E-state index in [1.165, 1.54) is 25.7 Å². The monoisotopic (exact) mass is 236 g/mol. The van der Waals surface area contributed by atoms with E-state index in [9.17, 15) is 0 Å². The lowest BCUT2D eigenvalue weighted by molar-refractivity contribution is 0.216. The molecule has 1 saturated carbocycles. The Kier molecular flexibility index (Phi) is 3.06. The minimum absolute atomic E-state index is 0.336. The van der Waals surface area contributed by atoms with Crippen LogP contribution in [0.25, 0.3) is 0 Å². The van der Waals surface area contributed by atoms with Gasteiger partial charge in [0.05, 0.1) is 11.4 Å². The van der Waals surface area contributed by atoms with Gasteiger partial charge in [0.1, 0.15) is 5.82 Å². The quantitative estimate of drug-likeness (QED) is 0.830. The molecule has 1 aromatic rings. The maximum Gasteiger partial charge on any atom is 0.148 e. The van der Waals surface area contributed by atoms with Crippen molar-refractivity contribution in [1.29, 1.82) is 0 Å². The van der Waals surface area contributed by atoms with Gasteiger partial charge in [-0.05, 0) is 25.2 Å². The minimum atomic E-state index is 0.336. The second-order valence-electron chi connectivity index (χ2n) is 5.90. The maximum absolute atomic E-state index is 6.06. The topological polar surface area (TPSA) is 55.9 Å². The second kappa shape index (κ2) is 4.24. The average molecular weight is 236 g/mol. The predicted octanol–water partition coefficient (Wildman–Crippen LogP) is 2.69. The Hall–Kier alpha value is -1.19. The van der Waals surface area contributed by atoms with Crippen LogP contribution in [-0.4, -0.2) is 15.8 Å². The lowest BCUT2D eigenvalue weighted by Gasteiger charge is -2.39. The number of aromatic nitrogens is 2. The predicted molar refractivity (Wildman–Crippen MR) is 72.0 cm³/mol. The molecule has 4 nitrogen and oxygen atoms in total. The first-order valence-electron chi connectivity index (χ1n) is 6.47. The molecule has 17 heavy (non-hydrogen) atoms. The van der Waals surface area contributed by atoms with Gasteiger partial charge in [-0.2, -0.15) is 5.10 Å². The Balaban J connectivity index is 2.20. The van der Waals surface area contributed by atoms with Crippen LogP contribution >= 0.6 is 0 Å². The second-order valence-corrected chi connectivity index (χ2v) is 5.90. The first-order chi connectivity index (χ1) is 7.92. The Labute approximate surface area is 104 Å². The number of rotatable bonds is 2. The van der Waals surface area contributed by atoms with Crippen molar-refractivity contribution in [3.05, 3.63) is 5.69 Å². The van der Waals surface area contributed by atoms with Crippen molar-refractivity contribution >= 4 is 11.5 Å². The van der Waals surface area contributed by atoms with Crippen molar-refractivity contribution in [2.24, 2.45) is 12.5 Å². The summed E-state index contributed by atoms with van der Waals surface area (Å²) in [7, 11) is 1.95. The van der Waals surface area contributed by atoms with Gasteiger partial charge >= 0.3 is 0 Å². The lowest BCUT2D eigenvalue weighted by atomic mass is 9.73. The summed E-state index contributed by atoms with van der Waals surface area (Å²) in [6, 6.07) is 0.494. The summed E-state index contributed by atoms with van der Waals surface area (Å²) in [6.45, 7) is 6.62. The molecule has 96 valence electrons. The highest BCUT2D eigenvalue weighted by Crippen LogP contribution is 2.38. The molecule has 3 N–H and O–H groups in total. The standard InChI is InChI=1S/C13H24N4/c1-9-11(14)12(17(4)16-9)15-10-7-5-6-8-13(10,2)3/h10,15H,5-8,14H2,1-4H3. The number of anilines is 2. The van der Waals surface area contributed by atoms with Gasteiger partial charge < -0.3 is 11.1 Å². The Morgan fingerprint density at radius 3 is 2.65 bits per heavy atom. The fraction of sp³-hybridized carbons (Fsp3) is 0.769. The highest BCUT2D eigenvalue weighted by molar-refractivity contribution is 5.65. The van der Waals surface area contributed by atoms with Crippen LogP contribution in [0.2, 0.25) is 0 Å². The summed E-state index contributed by atoms with van der Waals surface area (Å²) in [5.41, 5.74) is 8.09. The highest BCUT2D eigenvalue weighted by atomic mass is 15.3. The fourth-order valence-electron chi connectivity index (χ4n) is 2.77. The average Bonchev–Trinajstić information content (AvgIpc) is 2.47. The molecule has 0 spiro atoms. The van der Waals surface area contributed by atoms with E-state index in [-0.39, 0.29) is 0 Å². The van der Waals surface area contributed by atoms with Gasteiger partial charge in [0.15, 0.2) is 0 Å². The van der Waals surface area contributed by atoms with E-state index >= 15 is 0 Å². The minimum Gasteiger partial charge on any atom is -0.394 e. The molecule has 0 aliphatic heterocycles. The van der Waals surface area contributed by atoms with Gasteiger partial charge in [-0.25, -0.2) is 0 Å². The number of hydrogen-bond donors (Lipinski definition) is 2. The molecule has 0 amide bonds. The number of hydrogen-bond acceptors (Lipinski definition) is 3. The summed E-state index contributed by atoms with van der Waals surface area (Å²) < 4.78 is 1.86. The van der Waals surface area contributed by atoms with Crippen LogP contribution in [0.1, 0.15) is 45.2 Å². The van der Waals surface area contributed by atoms with Gasteiger partial charge in [0.25, 0.3) is 0 Å². The van der Waals surface area contributed by atoms with Crippen molar-refractivity contribution in [3.63, 3.8) is 0 Å². The van der Waals surface area contributed by atoms with Gasteiger partial charge in [-0.1, -0.05) is 26.7 Å². The summed E-state index contributed by atoms with van der Waals surface area (Å²) in [5, 5.41) is 7.96.